The first-order chi connectivity index (χ1) is 17.5. The van der Waals surface area contributed by atoms with E-state index < -0.39 is 5.91 Å². The predicted molar refractivity (Wildman–Crippen MR) is 140 cm³/mol. The van der Waals surface area contributed by atoms with Gasteiger partial charge in [-0.2, -0.15) is 5.26 Å². The van der Waals surface area contributed by atoms with E-state index in [1.54, 1.807) is 61.7 Å². The molecule has 0 radical (unpaired) electrons. The molecule has 7 heteroatoms. The Morgan fingerprint density at radius 3 is 2.19 bits per heavy atom. The molecule has 178 valence electrons. The summed E-state index contributed by atoms with van der Waals surface area (Å²) in [5, 5.41) is 17.1. The standard InChI is InChI=1S/C29H23N3O4/c1-35-26-14-10-24(11-15-26)31-28(33)19-36-27-12-6-20(7-13-27)16-23(18-30)29(34)32-25-9-8-21-4-2-3-5-22(21)17-25/h2-17H,19H2,1H3,(H,31,33)(H,32,34)/b23-16+. The highest BCUT2D eigenvalue weighted by molar-refractivity contribution is 6.10. The van der Waals surface area contributed by atoms with Crippen molar-refractivity contribution in [1.29, 1.82) is 5.26 Å². The Labute approximate surface area is 208 Å². The number of nitriles is 1. The number of rotatable bonds is 8. The lowest BCUT2D eigenvalue weighted by Gasteiger charge is -2.08. The van der Waals surface area contributed by atoms with Gasteiger partial charge in [0.2, 0.25) is 0 Å². The number of fused-ring (bicyclic) bond motifs is 1. The quantitative estimate of drug-likeness (QED) is 0.261. The maximum Gasteiger partial charge on any atom is 0.266 e. The second-order valence-corrected chi connectivity index (χ2v) is 7.82. The smallest absolute Gasteiger partial charge is 0.266 e. The van der Waals surface area contributed by atoms with E-state index in [-0.39, 0.29) is 18.1 Å². The summed E-state index contributed by atoms with van der Waals surface area (Å²) in [4.78, 5) is 24.8. The van der Waals surface area contributed by atoms with E-state index in [4.69, 9.17) is 9.47 Å². The first-order valence-corrected chi connectivity index (χ1v) is 11.1. The molecular weight excluding hydrogens is 454 g/mol. The van der Waals surface area contributed by atoms with Crippen LogP contribution in [-0.2, 0) is 9.59 Å². The molecular formula is C29H23N3O4. The highest BCUT2D eigenvalue weighted by atomic mass is 16.5. The highest BCUT2D eigenvalue weighted by Crippen LogP contribution is 2.20. The van der Waals surface area contributed by atoms with Gasteiger partial charge in [-0.15, -0.1) is 0 Å². The van der Waals surface area contributed by atoms with Crippen LogP contribution >= 0.6 is 0 Å². The fourth-order valence-electron chi connectivity index (χ4n) is 3.46. The number of hydrogen-bond donors (Lipinski definition) is 2. The summed E-state index contributed by atoms with van der Waals surface area (Å²) in [7, 11) is 1.57. The van der Waals surface area contributed by atoms with E-state index in [9.17, 15) is 14.9 Å². The molecule has 0 atom stereocenters. The van der Waals surface area contributed by atoms with Crippen molar-refractivity contribution >= 4 is 40.0 Å². The largest absolute Gasteiger partial charge is 0.497 e. The number of anilines is 2. The molecule has 0 spiro atoms. The van der Waals surface area contributed by atoms with E-state index in [1.165, 1.54) is 6.08 Å². The number of amides is 2. The minimum atomic E-state index is -0.497. The molecule has 36 heavy (non-hydrogen) atoms. The maximum atomic E-state index is 12.6. The molecule has 0 aliphatic heterocycles. The monoisotopic (exact) mass is 477 g/mol. The Morgan fingerprint density at radius 1 is 0.833 bits per heavy atom. The van der Waals surface area contributed by atoms with E-state index in [0.29, 0.717) is 28.4 Å². The Hall–Kier alpha value is -5.09. The van der Waals surface area contributed by atoms with Crippen molar-refractivity contribution in [1.82, 2.24) is 0 Å². The maximum absolute atomic E-state index is 12.6. The molecule has 7 nitrogen and oxygen atoms in total. The zero-order chi connectivity index (χ0) is 25.3. The molecule has 0 saturated heterocycles. The number of nitrogens with zero attached hydrogens (tertiary/aromatic N) is 1. The van der Waals surface area contributed by atoms with Crippen molar-refractivity contribution < 1.29 is 19.1 Å². The molecule has 0 bridgehead atoms. The van der Waals surface area contributed by atoms with Crippen LogP contribution in [0.5, 0.6) is 11.5 Å². The lowest BCUT2D eigenvalue weighted by molar-refractivity contribution is -0.118. The Kier molecular flexibility index (Phi) is 7.59. The van der Waals surface area contributed by atoms with Gasteiger partial charge in [-0.1, -0.05) is 42.5 Å². The van der Waals surface area contributed by atoms with Crippen molar-refractivity contribution in [2.75, 3.05) is 24.4 Å². The minimum absolute atomic E-state index is 0.0318. The van der Waals surface area contributed by atoms with Crippen LogP contribution in [0.2, 0.25) is 0 Å². The minimum Gasteiger partial charge on any atom is -0.497 e. The third kappa shape index (κ3) is 6.27. The third-order valence-electron chi connectivity index (χ3n) is 5.31. The summed E-state index contributed by atoms with van der Waals surface area (Å²) in [6.07, 6.45) is 1.50. The van der Waals surface area contributed by atoms with Crippen LogP contribution in [0.25, 0.3) is 16.8 Å². The number of methoxy groups -OCH3 is 1. The van der Waals surface area contributed by atoms with Gasteiger partial charge < -0.3 is 20.1 Å². The van der Waals surface area contributed by atoms with Crippen LogP contribution in [0.3, 0.4) is 0 Å². The van der Waals surface area contributed by atoms with Crippen LogP contribution in [0.4, 0.5) is 11.4 Å². The van der Waals surface area contributed by atoms with Crippen LogP contribution < -0.4 is 20.1 Å². The van der Waals surface area contributed by atoms with Gasteiger partial charge in [0.05, 0.1) is 7.11 Å². The molecule has 0 aliphatic rings. The normalized spacial score (nSPS) is 10.8. The first kappa shape index (κ1) is 24.0. The first-order valence-electron chi connectivity index (χ1n) is 11.1. The zero-order valence-electron chi connectivity index (χ0n) is 19.5. The molecule has 0 aliphatic carbocycles. The van der Waals surface area contributed by atoms with Crippen molar-refractivity contribution in [3.05, 3.63) is 102 Å². The molecule has 2 amide bonds. The van der Waals surface area contributed by atoms with E-state index >= 15 is 0 Å². The van der Waals surface area contributed by atoms with Gasteiger partial charge >= 0.3 is 0 Å². The fraction of sp³-hybridized carbons (Fsp3) is 0.0690. The van der Waals surface area contributed by atoms with Gasteiger partial charge in [-0.3, -0.25) is 9.59 Å². The van der Waals surface area contributed by atoms with Crippen molar-refractivity contribution in [3.8, 4) is 17.6 Å². The topological polar surface area (TPSA) is 100 Å². The summed E-state index contributed by atoms with van der Waals surface area (Å²) in [5.74, 6) is 0.379. The Morgan fingerprint density at radius 2 is 1.50 bits per heavy atom. The molecule has 4 aromatic carbocycles. The van der Waals surface area contributed by atoms with Crippen molar-refractivity contribution in [2.45, 2.75) is 0 Å². The van der Waals surface area contributed by atoms with Crippen molar-refractivity contribution in [3.63, 3.8) is 0 Å². The summed E-state index contributed by atoms with van der Waals surface area (Å²) < 4.78 is 10.6. The van der Waals surface area contributed by atoms with Crippen molar-refractivity contribution in [2.24, 2.45) is 0 Å². The number of benzene rings is 4. The average Bonchev–Trinajstić information content (AvgIpc) is 2.91. The van der Waals surface area contributed by atoms with Gasteiger partial charge in [-0.25, -0.2) is 0 Å². The molecule has 0 unspecified atom stereocenters. The number of nitrogens with one attached hydrogen (secondary N) is 2. The molecule has 2 N–H and O–H groups in total. The number of carbonyl (C=O) groups is 2. The van der Waals surface area contributed by atoms with Gasteiger partial charge in [0.25, 0.3) is 11.8 Å². The second kappa shape index (κ2) is 11.4. The Bertz CT molecular complexity index is 1450. The van der Waals surface area contributed by atoms with Crippen LogP contribution in [-0.4, -0.2) is 25.5 Å². The molecule has 0 aromatic heterocycles. The molecule has 0 heterocycles. The summed E-state index contributed by atoms with van der Waals surface area (Å²) in [6.45, 7) is -0.168. The third-order valence-corrected chi connectivity index (χ3v) is 5.31. The molecule has 0 saturated carbocycles. The Balaban J connectivity index is 1.33. The van der Waals surface area contributed by atoms with E-state index in [1.807, 2.05) is 42.5 Å². The predicted octanol–water partition coefficient (Wildman–Crippen LogP) is 5.41. The number of carbonyl (C=O) groups excluding carboxylic acids is 2. The van der Waals surface area contributed by atoms with Gasteiger partial charge in [0, 0.05) is 11.4 Å². The van der Waals surface area contributed by atoms with E-state index in [0.717, 1.165) is 10.8 Å². The lowest BCUT2D eigenvalue weighted by atomic mass is 10.1. The van der Waals surface area contributed by atoms with E-state index in [2.05, 4.69) is 10.6 Å². The van der Waals surface area contributed by atoms with Gasteiger partial charge in [0.1, 0.15) is 23.1 Å². The summed E-state index contributed by atoms with van der Waals surface area (Å²) >= 11 is 0. The highest BCUT2D eigenvalue weighted by Gasteiger charge is 2.10. The average molecular weight is 478 g/mol. The fourth-order valence-corrected chi connectivity index (χ4v) is 3.46. The number of ether oxygens (including phenoxy) is 2. The zero-order valence-corrected chi connectivity index (χ0v) is 19.5. The summed E-state index contributed by atoms with van der Waals surface area (Å²) in [5.41, 5.74) is 1.86. The SMILES string of the molecule is COc1ccc(NC(=O)COc2ccc(/C=C(\C#N)C(=O)Nc3ccc4ccccc4c3)cc2)cc1. The molecule has 4 aromatic rings. The van der Waals surface area contributed by atoms with Crippen LogP contribution in [0.15, 0.2) is 96.6 Å². The molecule has 4 rings (SSSR count). The van der Waals surface area contributed by atoms with Gasteiger partial charge in [-0.05, 0) is 70.9 Å². The van der Waals surface area contributed by atoms with Crippen LogP contribution in [0.1, 0.15) is 5.56 Å². The second-order valence-electron chi connectivity index (χ2n) is 7.82. The van der Waals surface area contributed by atoms with Gasteiger partial charge in [0.15, 0.2) is 6.61 Å². The lowest BCUT2D eigenvalue weighted by Crippen LogP contribution is -2.20. The molecule has 0 fully saturated rings. The summed E-state index contributed by atoms with van der Waals surface area (Å²) in [6, 6.07) is 29.1. The van der Waals surface area contributed by atoms with Crippen LogP contribution in [0, 0.1) is 11.3 Å². The number of hydrogen-bond acceptors (Lipinski definition) is 5.